The fraction of sp³-hybridized carbons (Fsp3) is 0.412. The quantitative estimate of drug-likeness (QED) is 0.937. The van der Waals surface area contributed by atoms with Gasteiger partial charge in [0.15, 0.2) is 0 Å². The number of nitrogens with one attached hydrogen (secondary N) is 1. The standard InChI is InChI=1S/C17H22N4/c1-12-11-18-17(20-16(12)21(2)3)19-15-10-6-8-13-7-4-5-9-14(13)15/h4-5,7,9,11,15H,6,8,10H2,1-3H3,(H,18,19,20)/t15-/m0/s1. The van der Waals surface area contributed by atoms with Crippen LogP contribution in [-0.4, -0.2) is 24.1 Å². The zero-order valence-corrected chi connectivity index (χ0v) is 12.9. The number of hydrogen-bond donors (Lipinski definition) is 1. The Bertz CT molecular complexity index is 636. The average molecular weight is 282 g/mol. The molecule has 0 fully saturated rings. The molecule has 4 heteroatoms. The van der Waals surface area contributed by atoms with E-state index in [2.05, 4.69) is 39.6 Å². The maximum absolute atomic E-state index is 4.64. The number of benzene rings is 1. The van der Waals surface area contributed by atoms with Crippen molar-refractivity contribution in [2.45, 2.75) is 32.2 Å². The normalized spacial score (nSPS) is 17.2. The van der Waals surface area contributed by atoms with Gasteiger partial charge in [-0.15, -0.1) is 0 Å². The molecule has 1 atom stereocenters. The number of aromatic nitrogens is 2. The van der Waals surface area contributed by atoms with E-state index in [-0.39, 0.29) is 0 Å². The van der Waals surface area contributed by atoms with Gasteiger partial charge in [-0.1, -0.05) is 24.3 Å². The molecule has 1 N–H and O–H groups in total. The van der Waals surface area contributed by atoms with Gasteiger partial charge in [0.1, 0.15) is 5.82 Å². The van der Waals surface area contributed by atoms with Crippen molar-refractivity contribution in [2.24, 2.45) is 0 Å². The maximum Gasteiger partial charge on any atom is 0.225 e. The Morgan fingerprint density at radius 1 is 1.24 bits per heavy atom. The van der Waals surface area contributed by atoms with Crippen LogP contribution in [0.25, 0.3) is 0 Å². The minimum Gasteiger partial charge on any atom is -0.362 e. The van der Waals surface area contributed by atoms with Gasteiger partial charge in [-0.25, -0.2) is 4.98 Å². The first-order valence-corrected chi connectivity index (χ1v) is 7.50. The first kappa shape index (κ1) is 13.9. The molecule has 2 aromatic rings. The van der Waals surface area contributed by atoms with Crippen molar-refractivity contribution >= 4 is 11.8 Å². The molecule has 1 heterocycles. The van der Waals surface area contributed by atoms with Crippen molar-refractivity contribution in [2.75, 3.05) is 24.3 Å². The van der Waals surface area contributed by atoms with Crippen molar-refractivity contribution in [3.05, 3.63) is 47.2 Å². The third-order valence-corrected chi connectivity index (χ3v) is 4.04. The fourth-order valence-electron chi connectivity index (χ4n) is 3.02. The molecule has 1 aromatic carbocycles. The molecule has 0 saturated carbocycles. The van der Waals surface area contributed by atoms with Gasteiger partial charge in [-0.3, -0.25) is 0 Å². The number of aryl methyl sites for hydroxylation is 2. The predicted molar refractivity (Wildman–Crippen MR) is 86.8 cm³/mol. The summed E-state index contributed by atoms with van der Waals surface area (Å²) in [6, 6.07) is 8.98. The van der Waals surface area contributed by atoms with Gasteiger partial charge in [0.25, 0.3) is 0 Å². The van der Waals surface area contributed by atoms with Gasteiger partial charge in [-0.05, 0) is 37.3 Å². The van der Waals surface area contributed by atoms with Crippen LogP contribution in [0, 0.1) is 6.92 Å². The number of anilines is 2. The number of rotatable bonds is 3. The highest BCUT2D eigenvalue weighted by Crippen LogP contribution is 2.31. The van der Waals surface area contributed by atoms with Gasteiger partial charge in [0, 0.05) is 25.9 Å². The van der Waals surface area contributed by atoms with Crippen molar-refractivity contribution in [3.8, 4) is 0 Å². The zero-order chi connectivity index (χ0) is 14.8. The lowest BCUT2D eigenvalue weighted by Crippen LogP contribution is -2.20. The fourth-order valence-corrected chi connectivity index (χ4v) is 3.02. The lowest BCUT2D eigenvalue weighted by Gasteiger charge is -2.26. The molecule has 110 valence electrons. The molecule has 0 saturated heterocycles. The van der Waals surface area contributed by atoms with Gasteiger partial charge in [0.2, 0.25) is 5.95 Å². The molecule has 21 heavy (non-hydrogen) atoms. The minimum atomic E-state index is 0.313. The van der Waals surface area contributed by atoms with Crippen molar-refractivity contribution in [1.29, 1.82) is 0 Å². The summed E-state index contributed by atoms with van der Waals surface area (Å²) >= 11 is 0. The highest BCUT2D eigenvalue weighted by atomic mass is 15.2. The summed E-state index contributed by atoms with van der Waals surface area (Å²) in [5.74, 6) is 1.68. The monoisotopic (exact) mass is 282 g/mol. The summed E-state index contributed by atoms with van der Waals surface area (Å²) in [6.07, 6.45) is 5.40. The van der Waals surface area contributed by atoms with Crippen molar-refractivity contribution in [3.63, 3.8) is 0 Å². The molecule has 3 rings (SSSR count). The van der Waals surface area contributed by atoms with E-state index in [1.165, 1.54) is 24.0 Å². The van der Waals surface area contributed by atoms with Crippen LogP contribution < -0.4 is 10.2 Å². The second-order valence-corrected chi connectivity index (χ2v) is 5.88. The second kappa shape index (κ2) is 5.72. The summed E-state index contributed by atoms with van der Waals surface area (Å²) in [4.78, 5) is 11.1. The Morgan fingerprint density at radius 2 is 2.05 bits per heavy atom. The van der Waals surface area contributed by atoms with Crippen LogP contribution in [-0.2, 0) is 6.42 Å². The molecule has 1 aliphatic carbocycles. The van der Waals surface area contributed by atoms with Crippen LogP contribution in [0.3, 0.4) is 0 Å². The largest absolute Gasteiger partial charge is 0.362 e. The summed E-state index contributed by atoms with van der Waals surface area (Å²) in [7, 11) is 4.02. The molecule has 0 aliphatic heterocycles. The third-order valence-electron chi connectivity index (χ3n) is 4.04. The molecule has 1 aromatic heterocycles. The molecule has 0 radical (unpaired) electrons. The molecule has 0 amide bonds. The molecule has 0 spiro atoms. The van der Waals surface area contributed by atoms with Crippen LogP contribution in [0.1, 0.15) is 35.6 Å². The Hall–Kier alpha value is -2.10. The highest BCUT2D eigenvalue weighted by molar-refractivity contribution is 5.48. The number of fused-ring (bicyclic) bond motifs is 1. The Morgan fingerprint density at radius 3 is 2.86 bits per heavy atom. The molecule has 0 unspecified atom stereocenters. The Balaban J connectivity index is 1.86. The summed E-state index contributed by atoms with van der Waals surface area (Å²) < 4.78 is 0. The van der Waals surface area contributed by atoms with Gasteiger partial charge in [0.05, 0.1) is 6.04 Å². The van der Waals surface area contributed by atoms with E-state index < -0.39 is 0 Å². The second-order valence-electron chi connectivity index (χ2n) is 5.88. The lowest BCUT2D eigenvalue weighted by atomic mass is 9.88. The van der Waals surface area contributed by atoms with E-state index in [0.29, 0.717) is 12.0 Å². The van der Waals surface area contributed by atoms with Gasteiger partial charge < -0.3 is 10.2 Å². The SMILES string of the molecule is Cc1cnc(N[C@H]2CCCc3ccccc32)nc1N(C)C. The first-order chi connectivity index (χ1) is 10.1. The van der Waals surface area contributed by atoms with E-state index in [0.717, 1.165) is 17.8 Å². The summed E-state index contributed by atoms with van der Waals surface area (Å²) in [6.45, 7) is 2.04. The smallest absolute Gasteiger partial charge is 0.225 e. The van der Waals surface area contributed by atoms with Crippen LogP contribution in [0.5, 0.6) is 0 Å². The van der Waals surface area contributed by atoms with E-state index in [1.54, 1.807) is 0 Å². The van der Waals surface area contributed by atoms with Crippen LogP contribution in [0.15, 0.2) is 30.5 Å². The van der Waals surface area contributed by atoms with E-state index in [1.807, 2.05) is 32.1 Å². The highest BCUT2D eigenvalue weighted by Gasteiger charge is 2.20. The topological polar surface area (TPSA) is 41.1 Å². The molecular weight excluding hydrogens is 260 g/mol. The van der Waals surface area contributed by atoms with Crippen molar-refractivity contribution < 1.29 is 0 Å². The maximum atomic E-state index is 4.64. The predicted octanol–water partition coefficient (Wildman–Crippen LogP) is 3.34. The van der Waals surface area contributed by atoms with Crippen molar-refractivity contribution in [1.82, 2.24) is 9.97 Å². The minimum absolute atomic E-state index is 0.313. The summed E-state index contributed by atoms with van der Waals surface area (Å²) in [5.41, 5.74) is 3.93. The summed E-state index contributed by atoms with van der Waals surface area (Å²) in [5, 5.41) is 3.51. The van der Waals surface area contributed by atoms with E-state index in [9.17, 15) is 0 Å². The number of nitrogens with zero attached hydrogens (tertiary/aromatic N) is 3. The number of hydrogen-bond acceptors (Lipinski definition) is 4. The van der Waals surface area contributed by atoms with Gasteiger partial charge in [-0.2, -0.15) is 4.98 Å². The van der Waals surface area contributed by atoms with E-state index >= 15 is 0 Å². The van der Waals surface area contributed by atoms with Crippen LogP contribution in [0.4, 0.5) is 11.8 Å². The van der Waals surface area contributed by atoms with Crippen LogP contribution >= 0.6 is 0 Å². The zero-order valence-electron chi connectivity index (χ0n) is 12.9. The third kappa shape index (κ3) is 2.84. The van der Waals surface area contributed by atoms with Crippen LogP contribution in [0.2, 0.25) is 0 Å². The first-order valence-electron chi connectivity index (χ1n) is 7.50. The molecule has 1 aliphatic rings. The molecular formula is C17H22N4. The Kier molecular flexibility index (Phi) is 3.78. The Labute approximate surface area is 126 Å². The average Bonchev–Trinajstić information content (AvgIpc) is 2.49. The molecule has 0 bridgehead atoms. The van der Waals surface area contributed by atoms with E-state index in [4.69, 9.17) is 0 Å². The lowest BCUT2D eigenvalue weighted by molar-refractivity contribution is 0.596. The molecule has 4 nitrogen and oxygen atoms in total. The van der Waals surface area contributed by atoms with Gasteiger partial charge >= 0.3 is 0 Å².